The molecule has 0 unspecified atom stereocenters. The maximum Gasteiger partial charge on any atom is 0.419 e. The second kappa shape index (κ2) is 4.01. The molecule has 0 N–H and O–H groups in total. The summed E-state index contributed by atoms with van der Waals surface area (Å²) in [5, 5.41) is 0. The summed E-state index contributed by atoms with van der Waals surface area (Å²) in [5.41, 5.74) is -0.997. The van der Waals surface area contributed by atoms with Crippen molar-refractivity contribution in [1.82, 2.24) is 9.38 Å². The van der Waals surface area contributed by atoms with Crippen molar-refractivity contribution in [3.05, 3.63) is 35.3 Å². The Morgan fingerprint density at radius 2 is 2.11 bits per heavy atom. The summed E-state index contributed by atoms with van der Waals surface area (Å²) in [6.45, 7) is 1.46. The van der Waals surface area contributed by atoms with Crippen LogP contribution >= 0.6 is 0 Å². The number of rotatable bonds is 1. The van der Waals surface area contributed by atoms with Crippen LogP contribution in [0.5, 0.6) is 0 Å². The van der Waals surface area contributed by atoms with E-state index in [4.69, 9.17) is 0 Å². The molecule has 0 saturated heterocycles. The average Bonchev–Trinajstić information content (AvgIpc) is 2.62. The van der Waals surface area contributed by atoms with Crippen LogP contribution in [0.3, 0.4) is 0 Å². The third kappa shape index (κ3) is 1.81. The number of nitrogens with zero attached hydrogens (tertiary/aromatic N) is 2. The smallest absolute Gasteiger partial charge is 0.419 e. The number of ether oxygens (including phenoxy) is 1. The second-order valence-corrected chi connectivity index (χ2v) is 3.65. The maximum atomic E-state index is 12.8. The monoisotopic (exact) mass is 258 g/mol. The number of carbonyl (C=O) groups excluding carboxylic acids is 1. The van der Waals surface area contributed by atoms with Gasteiger partial charge in [-0.1, -0.05) is 0 Å². The molecule has 7 heteroatoms. The molecule has 18 heavy (non-hydrogen) atoms. The summed E-state index contributed by atoms with van der Waals surface area (Å²) in [4.78, 5) is 15.3. The molecule has 0 radical (unpaired) electrons. The second-order valence-electron chi connectivity index (χ2n) is 3.65. The first kappa shape index (κ1) is 12.4. The van der Waals surface area contributed by atoms with Gasteiger partial charge in [-0.25, -0.2) is 9.78 Å². The molecule has 0 aliphatic carbocycles. The van der Waals surface area contributed by atoms with Gasteiger partial charge in [0.05, 0.1) is 18.4 Å². The van der Waals surface area contributed by atoms with Crippen LogP contribution in [0.2, 0.25) is 0 Å². The molecule has 0 fully saturated rings. The molecule has 0 aliphatic heterocycles. The summed E-state index contributed by atoms with van der Waals surface area (Å²) >= 11 is 0. The number of halogens is 3. The van der Waals surface area contributed by atoms with E-state index in [-0.39, 0.29) is 17.0 Å². The zero-order valence-corrected chi connectivity index (χ0v) is 9.58. The van der Waals surface area contributed by atoms with E-state index in [0.717, 1.165) is 17.6 Å². The van der Waals surface area contributed by atoms with Crippen molar-refractivity contribution in [2.45, 2.75) is 13.1 Å². The van der Waals surface area contributed by atoms with Crippen molar-refractivity contribution in [2.75, 3.05) is 7.11 Å². The standard InChI is InChI=1S/C11H9F3N2O2/c1-6-8(10(17)18-2)16-5-3-4-7(9(16)15-6)11(12,13)14/h3-5H,1-2H3. The third-order valence-corrected chi connectivity index (χ3v) is 2.51. The lowest BCUT2D eigenvalue weighted by molar-refractivity contribution is -0.136. The van der Waals surface area contributed by atoms with Gasteiger partial charge in [0.15, 0.2) is 5.69 Å². The van der Waals surface area contributed by atoms with Crippen LogP contribution in [0.1, 0.15) is 21.7 Å². The number of hydrogen-bond acceptors (Lipinski definition) is 3. The SMILES string of the molecule is COC(=O)c1c(C)nc2c(C(F)(F)F)cccn12. The number of fused-ring (bicyclic) bond motifs is 1. The molecule has 2 rings (SSSR count). The Kier molecular flexibility index (Phi) is 2.76. The Morgan fingerprint density at radius 3 is 2.67 bits per heavy atom. The predicted molar refractivity (Wildman–Crippen MR) is 56.3 cm³/mol. The van der Waals surface area contributed by atoms with Crippen LogP contribution < -0.4 is 0 Å². The van der Waals surface area contributed by atoms with Gasteiger partial charge in [-0.3, -0.25) is 4.40 Å². The fraction of sp³-hybridized carbons (Fsp3) is 0.273. The molecule has 0 atom stereocenters. The average molecular weight is 258 g/mol. The molecule has 0 aliphatic rings. The van der Waals surface area contributed by atoms with Crippen LogP contribution in [0, 0.1) is 6.92 Å². The molecule has 2 aromatic heterocycles. The van der Waals surface area contributed by atoms with Gasteiger partial charge in [0.1, 0.15) is 5.65 Å². The fourth-order valence-corrected chi connectivity index (χ4v) is 1.74. The van der Waals surface area contributed by atoms with Gasteiger partial charge >= 0.3 is 12.1 Å². The van der Waals surface area contributed by atoms with E-state index >= 15 is 0 Å². The van der Waals surface area contributed by atoms with Crippen molar-refractivity contribution in [3.8, 4) is 0 Å². The van der Waals surface area contributed by atoms with E-state index in [0.29, 0.717) is 0 Å². The predicted octanol–water partition coefficient (Wildman–Crippen LogP) is 2.45. The molecule has 0 amide bonds. The largest absolute Gasteiger partial charge is 0.464 e. The highest BCUT2D eigenvalue weighted by molar-refractivity contribution is 5.90. The lowest BCUT2D eigenvalue weighted by Crippen LogP contribution is -2.10. The topological polar surface area (TPSA) is 43.6 Å². The highest BCUT2D eigenvalue weighted by Crippen LogP contribution is 2.32. The maximum absolute atomic E-state index is 12.8. The molecule has 2 aromatic rings. The lowest BCUT2D eigenvalue weighted by Gasteiger charge is -2.08. The molecule has 2 heterocycles. The van der Waals surface area contributed by atoms with E-state index < -0.39 is 17.7 Å². The van der Waals surface area contributed by atoms with E-state index in [1.807, 2.05) is 0 Å². The van der Waals surface area contributed by atoms with Crippen LogP contribution in [0.25, 0.3) is 5.65 Å². The third-order valence-electron chi connectivity index (χ3n) is 2.51. The minimum absolute atomic E-state index is 0.00130. The highest BCUT2D eigenvalue weighted by atomic mass is 19.4. The summed E-state index contributed by atoms with van der Waals surface area (Å²) in [6.07, 6.45) is -3.18. The summed E-state index contributed by atoms with van der Waals surface area (Å²) < 4.78 is 43.9. The summed E-state index contributed by atoms with van der Waals surface area (Å²) in [5.74, 6) is -0.723. The molecular formula is C11H9F3N2O2. The highest BCUT2D eigenvalue weighted by Gasteiger charge is 2.35. The Labute approximate surface area is 100 Å². The number of pyridine rings is 1. The molecule has 0 saturated carbocycles. The lowest BCUT2D eigenvalue weighted by atomic mass is 10.2. The van der Waals surface area contributed by atoms with Crippen LogP contribution in [-0.4, -0.2) is 22.5 Å². The zero-order chi connectivity index (χ0) is 13.5. The molecule has 0 aromatic carbocycles. The van der Waals surface area contributed by atoms with Gasteiger partial charge in [-0.15, -0.1) is 0 Å². The van der Waals surface area contributed by atoms with Crippen molar-refractivity contribution in [1.29, 1.82) is 0 Å². The number of hydrogen-bond donors (Lipinski definition) is 0. The first-order chi connectivity index (χ1) is 8.36. The summed E-state index contributed by atoms with van der Waals surface area (Å²) in [7, 11) is 1.16. The number of methoxy groups -OCH3 is 1. The van der Waals surface area contributed by atoms with Gasteiger partial charge in [-0.2, -0.15) is 13.2 Å². The normalized spacial score (nSPS) is 11.8. The molecule has 96 valence electrons. The van der Waals surface area contributed by atoms with Gasteiger partial charge in [0, 0.05) is 6.20 Å². The first-order valence-electron chi connectivity index (χ1n) is 4.99. The van der Waals surface area contributed by atoms with Gasteiger partial charge < -0.3 is 4.74 Å². The van der Waals surface area contributed by atoms with Gasteiger partial charge in [-0.05, 0) is 19.1 Å². The Balaban J connectivity index is 2.79. The minimum Gasteiger partial charge on any atom is -0.464 e. The number of aromatic nitrogens is 2. The number of alkyl halides is 3. The van der Waals surface area contributed by atoms with E-state index in [2.05, 4.69) is 9.72 Å². The summed E-state index contributed by atoms with van der Waals surface area (Å²) in [6, 6.07) is 2.13. The van der Waals surface area contributed by atoms with Crippen molar-refractivity contribution < 1.29 is 22.7 Å². The number of imidazole rings is 1. The van der Waals surface area contributed by atoms with Crippen molar-refractivity contribution >= 4 is 11.6 Å². The molecule has 0 bridgehead atoms. The molecule has 0 spiro atoms. The molecule has 4 nitrogen and oxygen atoms in total. The Morgan fingerprint density at radius 1 is 1.44 bits per heavy atom. The first-order valence-corrected chi connectivity index (χ1v) is 4.99. The van der Waals surface area contributed by atoms with E-state index in [9.17, 15) is 18.0 Å². The Hall–Kier alpha value is -2.05. The fourth-order valence-electron chi connectivity index (χ4n) is 1.74. The van der Waals surface area contributed by atoms with Crippen LogP contribution in [-0.2, 0) is 10.9 Å². The quantitative estimate of drug-likeness (QED) is 0.738. The number of carbonyl (C=O) groups is 1. The number of esters is 1. The van der Waals surface area contributed by atoms with Gasteiger partial charge in [0.2, 0.25) is 0 Å². The number of aryl methyl sites for hydroxylation is 1. The zero-order valence-electron chi connectivity index (χ0n) is 9.58. The molecular weight excluding hydrogens is 249 g/mol. The van der Waals surface area contributed by atoms with Crippen LogP contribution in [0.15, 0.2) is 18.3 Å². The van der Waals surface area contributed by atoms with E-state index in [1.54, 1.807) is 0 Å². The van der Waals surface area contributed by atoms with Crippen LogP contribution in [0.4, 0.5) is 13.2 Å². The minimum atomic E-state index is -4.52. The Bertz CT molecular complexity index is 617. The van der Waals surface area contributed by atoms with E-state index in [1.165, 1.54) is 19.2 Å². The van der Waals surface area contributed by atoms with Gasteiger partial charge in [0.25, 0.3) is 0 Å². The van der Waals surface area contributed by atoms with Crippen molar-refractivity contribution in [3.63, 3.8) is 0 Å². The van der Waals surface area contributed by atoms with Crippen molar-refractivity contribution in [2.24, 2.45) is 0 Å².